The van der Waals surface area contributed by atoms with Crippen molar-refractivity contribution in [2.24, 2.45) is 5.92 Å². The molecule has 0 aliphatic heterocycles. The standard InChI is InChI=1S/C16H24FNO/c1-12(19)14-8-9-16(15(17)10-14)18(2)11-13-6-4-3-5-7-13/h8-10,12-13,19H,3-7,11H2,1-2H3/t12-/m0/s1. The Kier molecular flexibility index (Phi) is 4.81. The van der Waals surface area contributed by atoms with Gasteiger partial charge in [0, 0.05) is 13.6 Å². The minimum absolute atomic E-state index is 0.239. The Balaban J connectivity index is 2.03. The fourth-order valence-electron chi connectivity index (χ4n) is 2.95. The predicted octanol–water partition coefficient (Wildman–Crippen LogP) is 3.90. The maximum atomic E-state index is 14.1. The normalized spacial score (nSPS) is 18.3. The fraction of sp³-hybridized carbons (Fsp3) is 0.625. The Morgan fingerprint density at radius 1 is 1.32 bits per heavy atom. The van der Waals surface area contributed by atoms with E-state index in [2.05, 4.69) is 0 Å². The molecule has 1 aliphatic carbocycles. The van der Waals surface area contributed by atoms with Gasteiger partial charge in [-0.1, -0.05) is 25.3 Å². The van der Waals surface area contributed by atoms with Gasteiger partial charge in [-0.3, -0.25) is 0 Å². The van der Waals surface area contributed by atoms with Gasteiger partial charge in [0.1, 0.15) is 5.82 Å². The number of halogens is 1. The Morgan fingerprint density at radius 2 is 2.00 bits per heavy atom. The van der Waals surface area contributed by atoms with Crippen LogP contribution in [0.5, 0.6) is 0 Å². The largest absolute Gasteiger partial charge is 0.389 e. The molecular weight excluding hydrogens is 241 g/mol. The molecule has 1 aromatic rings. The molecule has 0 spiro atoms. The molecule has 0 aromatic heterocycles. The summed E-state index contributed by atoms with van der Waals surface area (Å²) >= 11 is 0. The summed E-state index contributed by atoms with van der Waals surface area (Å²) in [5.74, 6) is 0.450. The summed E-state index contributed by atoms with van der Waals surface area (Å²) in [6, 6.07) is 5.03. The third kappa shape index (κ3) is 3.69. The highest BCUT2D eigenvalue weighted by molar-refractivity contribution is 5.48. The lowest BCUT2D eigenvalue weighted by Gasteiger charge is -2.28. The first-order valence-corrected chi connectivity index (χ1v) is 7.26. The molecule has 1 atom stereocenters. The lowest BCUT2D eigenvalue weighted by atomic mass is 9.89. The van der Waals surface area contributed by atoms with E-state index in [1.807, 2.05) is 11.9 Å². The third-order valence-corrected chi connectivity index (χ3v) is 4.12. The van der Waals surface area contributed by atoms with Gasteiger partial charge in [0.05, 0.1) is 11.8 Å². The summed E-state index contributed by atoms with van der Waals surface area (Å²) in [5, 5.41) is 9.46. The summed E-state index contributed by atoms with van der Waals surface area (Å²) in [5.41, 5.74) is 1.27. The van der Waals surface area contributed by atoms with Crippen molar-refractivity contribution in [3.63, 3.8) is 0 Å². The van der Waals surface area contributed by atoms with E-state index in [1.54, 1.807) is 19.1 Å². The zero-order valence-electron chi connectivity index (χ0n) is 11.9. The van der Waals surface area contributed by atoms with Gasteiger partial charge < -0.3 is 10.0 Å². The molecule has 0 bridgehead atoms. The van der Waals surface area contributed by atoms with Crippen molar-refractivity contribution in [2.75, 3.05) is 18.5 Å². The van der Waals surface area contributed by atoms with Gasteiger partial charge in [0.2, 0.25) is 0 Å². The molecule has 0 unspecified atom stereocenters. The third-order valence-electron chi connectivity index (χ3n) is 4.12. The number of hydrogen-bond donors (Lipinski definition) is 1. The highest BCUT2D eigenvalue weighted by Gasteiger charge is 2.17. The monoisotopic (exact) mass is 265 g/mol. The lowest BCUT2D eigenvalue weighted by molar-refractivity contribution is 0.199. The molecule has 1 aromatic carbocycles. The summed E-state index contributed by atoms with van der Waals surface area (Å²) < 4.78 is 14.1. The van der Waals surface area contributed by atoms with Gasteiger partial charge in [-0.2, -0.15) is 0 Å². The minimum atomic E-state index is -0.618. The maximum Gasteiger partial charge on any atom is 0.146 e. The molecule has 106 valence electrons. The topological polar surface area (TPSA) is 23.5 Å². The van der Waals surface area contributed by atoms with E-state index in [0.29, 0.717) is 17.2 Å². The average molecular weight is 265 g/mol. The van der Waals surface area contributed by atoms with E-state index in [4.69, 9.17) is 0 Å². The van der Waals surface area contributed by atoms with E-state index < -0.39 is 6.10 Å². The Labute approximate surface area is 115 Å². The van der Waals surface area contributed by atoms with Gasteiger partial charge in [-0.25, -0.2) is 4.39 Å². The molecule has 1 N–H and O–H groups in total. The molecule has 3 heteroatoms. The molecule has 2 rings (SSSR count). The zero-order valence-corrected chi connectivity index (χ0v) is 11.9. The Morgan fingerprint density at radius 3 is 2.58 bits per heavy atom. The number of nitrogens with zero attached hydrogens (tertiary/aromatic N) is 1. The summed E-state index contributed by atoms with van der Waals surface area (Å²) in [6.07, 6.45) is 5.86. The second-order valence-electron chi connectivity index (χ2n) is 5.77. The van der Waals surface area contributed by atoms with Crippen LogP contribution in [0.3, 0.4) is 0 Å². The second kappa shape index (κ2) is 6.38. The number of hydrogen-bond acceptors (Lipinski definition) is 2. The van der Waals surface area contributed by atoms with Crippen LogP contribution < -0.4 is 4.90 Å². The van der Waals surface area contributed by atoms with E-state index in [0.717, 1.165) is 6.54 Å². The predicted molar refractivity (Wildman–Crippen MR) is 76.9 cm³/mol. The van der Waals surface area contributed by atoms with Crippen molar-refractivity contribution >= 4 is 5.69 Å². The van der Waals surface area contributed by atoms with E-state index in [9.17, 15) is 9.50 Å². The smallest absolute Gasteiger partial charge is 0.146 e. The number of anilines is 1. The van der Waals surface area contributed by atoms with Crippen molar-refractivity contribution in [1.29, 1.82) is 0 Å². The van der Waals surface area contributed by atoms with Gasteiger partial charge in [-0.05, 0) is 43.4 Å². The molecule has 1 saturated carbocycles. The lowest BCUT2D eigenvalue weighted by Crippen LogP contribution is -2.27. The van der Waals surface area contributed by atoms with Gasteiger partial charge in [0.25, 0.3) is 0 Å². The van der Waals surface area contributed by atoms with Crippen LogP contribution in [0, 0.1) is 11.7 Å². The fourth-order valence-corrected chi connectivity index (χ4v) is 2.95. The molecule has 19 heavy (non-hydrogen) atoms. The number of aliphatic hydroxyl groups is 1. The van der Waals surface area contributed by atoms with Crippen molar-refractivity contribution in [3.8, 4) is 0 Å². The van der Waals surface area contributed by atoms with Gasteiger partial charge >= 0.3 is 0 Å². The van der Waals surface area contributed by atoms with Gasteiger partial charge in [0.15, 0.2) is 0 Å². The molecule has 1 aliphatic rings. The van der Waals surface area contributed by atoms with Crippen molar-refractivity contribution in [3.05, 3.63) is 29.6 Å². The first-order chi connectivity index (χ1) is 9.08. The maximum absolute atomic E-state index is 14.1. The van der Waals surface area contributed by atoms with Crippen LogP contribution in [0.4, 0.5) is 10.1 Å². The second-order valence-corrected chi connectivity index (χ2v) is 5.77. The summed E-state index contributed by atoms with van der Waals surface area (Å²) in [6.45, 7) is 2.57. The van der Waals surface area contributed by atoms with E-state index >= 15 is 0 Å². The average Bonchev–Trinajstić information content (AvgIpc) is 2.39. The SMILES string of the molecule is C[C@H](O)c1ccc(N(C)CC2CCCCC2)c(F)c1. The quantitative estimate of drug-likeness (QED) is 0.892. The summed E-state index contributed by atoms with van der Waals surface area (Å²) in [7, 11) is 1.95. The van der Waals surface area contributed by atoms with Crippen LogP contribution in [0.25, 0.3) is 0 Å². The van der Waals surface area contributed by atoms with E-state index in [-0.39, 0.29) is 5.82 Å². The number of rotatable bonds is 4. The van der Waals surface area contributed by atoms with Crippen LogP contribution in [-0.4, -0.2) is 18.7 Å². The molecule has 2 nitrogen and oxygen atoms in total. The van der Waals surface area contributed by atoms with Crippen LogP contribution in [0.15, 0.2) is 18.2 Å². The number of benzene rings is 1. The molecule has 1 fully saturated rings. The van der Waals surface area contributed by atoms with Gasteiger partial charge in [-0.15, -0.1) is 0 Å². The summed E-state index contributed by atoms with van der Waals surface area (Å²) in [4.78, 5) is 2.01. The zero-order chi connectivity index (χ0) is 13.8. The highest BCUT2D eigenvalue weighted by Crippen LogP contribution is 2.28. The first kappa shape index (κ1) is 14.3. The van der Waals surface area contributed by atoms with Crippen LogP contribution in [0.2, 0.25) is 0 Å². The van der Waals surface area contributed by atoms with Crippen molar-refractivity contribution < 1.29 is 9.50 Å². The number of aliphatic hydroxyl groups excluding tert-OH is 1. The molecule has 0 radical (unpaired) electrons. The van der Waals surface area contributed by atoms with E-state index in [1.165, 1.54) is 38.2 Å². The highest BCUT2D eigenvalue weighted by atomic mass is 19.1. The molecular formula is C16H24FNO. The van der Waals surface area contributed by atoms with Crippen molar-refractivity contribution in [1.82, 2.24) is 0 Å². The van der Waals surface area contributed by atoms with Crippen LogP contribution in [-0.2, 0) is 0 Å². The minimum Gasteiger partial charge on any atom is -0.389 e. The molecule has 0 heterocycles. The Hall–Kier alpha value is -1.09. The first-order valence-electron chi connectivity index (χ1n) is 7.26. The van der Waals surface area contributed by atoms with Crippen molar-refractivity contribution in [2.45, 2.75) is 45.1 Å². The van der Waals surface area contributed by atoms with Crippen LogP contribution >= 0.6 is 0 Å². The molecule has 0 saturated heterocycles. The molecule has 0 amide bonds. The van der Waals surface area contributed by atoms with Crippen LogP contribution in [0.1, 0.15) is 50.7 Å². The Bertz CT molecular complexity index is 413.